The highest BCUT2D eigenvalue weighted by Crippen LogP contribution is 2.67. The zero-order valence-corrected chi connectivity index (χ0v) is 44.4. The van der Waals surface area contributed by atoms with Crippen molar-refractivity contribution in [3.8, 4) is 0 Å². The van der Waals surface area contributed by atoms with Crippen LogP contribution in [0.2, 0.25) is 16.6 Å². The van der Waals surface area contributed by atoms with Crippen LogP contribution in [0.5, 0.6) is 0 Å². The second-order valence-corrected chi connectivity index (χ2v) is 28.0. The van der Waals surface area contributed by atoms with Crippen molar-refractivity contribution >= 4 is 32.3 Å². The van der Waals surface area contributed by atoms with Crippen molar-refractivity contribution in [1.29, 1.82) is 0 Å². The maximum Gasteiger partial charge on any atom is 0.408 e. The van der Waals surface area contributed by atoms with Crippen molar-refractivity contribution in [2.24, 2.45) is 16.7 Å². The third-order valence-corrected chi connectivity index (χ3v) is 22.2. The van der Waals surface area contributed by atoms with Crippen molar-refractivity contribution in [3.63, 3.8) is 0 Å². The quantitative estimate of drug-likeness (QED) is 0.0788. The number of esters is 3. The molecule has 2 saturated carbocycles. The standard InChI is InChI=1S/C53H75N3O13Si/c1-16-37-64-40-38-32(8)35(63-47(59)41(69-70(29(2)3,30(4)5)31(6)7)39(45-54-25-20-26-55-45)56-48(60)68-49(10,11)12)27-53(61,50(38,13)14)44(66-46(58)34-21-18-17-19-22-34)42-51(15,43(40)65-37)24-23-36-52(42,28-62-36)67-33(9)57/h16-22,25-26,29-31,35-37,39-44,61H,1,23-24,27-28H2,2-15H3,(H,56,60)/t35-,36+,37+,39+,40+,41+,42-,43+,44-,51+,52-,53+/m0/s1. The molecule has 0 spiro atoms. The van der Waals surface area contributed by atoms with Crippen LogP contribution in [0.4, 0.5) is 4.79 Å². The van der Waals surface area contributed by atoms with Crippen molar-refractivity contribution in [2.75, 3.05) is 6.61 Å². The third kappa shape index (κ3) is 9.16. The van der Waals surface area contributed by atoms with Crippen molar-refractivity contribution in [1.82, 2.24) is 15.3 Å². The molecule has 7 rings (SSSR count). The predicted molar refractivity (Wildman–Crippen MR) is 260 cm³/mol. The molecule has 3 aliphatic carbocycles. The van der Waals surface area contributed by atoms with E-state index >= 15 is 4.79 Å². The number of nitrogens with one attached hydrogen (secondary N) is 1. The number of hydrogen-bond donors (Lipinski definition) is 2. The van der Waals surface area contributed by atoms with Crippen LogP contribution in [0.1, 0.15) is 138 Å². The molecule has 1 aromatic heterocycles. The summed E-state index contributed by atoms with van der Waals surface area (Å²) in [5.74, 6) is -3.00. The molecule has 5 aliphatic rings. The SMILES string of the molecule is C=C[C@@H]1O[C@@H]2C3=C(C)[C@@H](OC(=O)[C@H](O[Si](C(C)C)(C(C)C)C(C)C)[C@@H](NC(=O)OC(C)(C)C)c4ncccn4)C[C@@](O)([C@@H](OC(=O)c4ccccc4)[C@H]4[C@@](C)(CC[C@H]5OC[C@]54OC(C)=O)[C@@H]2O1)C3(C)C. The van der Waals surface area contributed by atoms with Crippen LogP contribution in [-0.4, -0.2) is 114 Å². The highest BCUT2D eigenvalue weighted by Gasteiger charge is 2.77. The van der Waals surface area contributed by atoms with E-state index in [0.29, 0.717) is 24.0 Å². The summed E-state index contributed by atoms with van der Waals surface area (Å²) < 4.78 is 52.9. The molecular formula is C53H75N3O13Si. The molecule has 0 radical (unpaired) electrons. The predicted octanol–water partition coefficient (Wildman–Crippen LogP) is 8.64. The van der Waals surface area contributed by atoms with Crippen LogP contribution in [-0.2, 0) is 47.2 Å². The number of fused-ring (bicyclic) bond motifs is 8. The van der Waals surface area contributed by atoms with Gasteiger partial charge in [-0.2, -0.15) is 0 Å². The lowest BCUT2D eigenvalue weighted by atomic mass is 9.45. The Labute approximate surface area is 414 Å². The van der Waals surface area contributed by atoms with Crippen LogP contribution in [0.15, 0.2) is 72.6 Å². The molecular weight excluding hydrogens is 915 g/mol. The fourth-order valence-corrected chi connectivity index (χ4v) is 18.5. The summed E-state index contributed by atoms with van der Waals surface area (Å²) in [6, 6.07) is 8.80. The maximum absolute atomic E-state index is 15.7. The van der Waals surface area contributed by atoms with Gasteiger partial charge >= 0.3 is 24.0 Å². The first kappa shape index (κ1) is 53.3. The van der Waals surface area contributed by atoms with Crippen LogP contribution in [0, 0.1) is 16.7 Å². The first-order chi connectivity index (χ1) is 32.7. The molecule has 1 amide bonds. The first-order valence-electron chi connectivity index (χ1n) is 24.8. The molecule has 2 saturated heterocycles. The second kappa shape index (κ2) is 19.5. The molecule has 16 nitrogen and oxygen atoms in total. The van der Waals surface area contributed by atoms with E-state index < -0.39 is 115 Å². The molecule has 1 aromatic carbocycles. The Morgan fingerprint density at radius 1 is 0.943 bits per heavy atom. The van der Waals surface area contributed by atoms with E-state index in [2.05, 4.69) is 63.4 Å². The first-order valence-corrected chi connectivity index (χ1v) is 26.9. The van der Waals surface area contributed by atoms with Gasteiger partial charge in [0.05, 0.1) is 24.2 Å². The summed E-state index contributed by atoms with van der Waals surface area (Å²) in [5, 5.41) is 17.1. The molecule has 0 unspecified atom stereocenters. The van der Waals surface area contributed by atoms with Crippen LogP contribution >= 0.6 is 0 Å². The molecule has 3 heterocycles. The summed E-state index contributed by atoms with van der Waals surface area (Å²) in [7, 11) is -3.02. The van der Waals surface area contributed by atoms with Crippen molar-refractivity contribution < 1.29 is 61.9 Å². The van der Waals surface area contributed by atoms with E-state index in [9.17, 15) is 19.5 Å². The largest absolute Gasteiger partial charge is 0.456 e. The van der Waals surface area contributed by atoms with E-state index in [1.165, 1.54) is 19.3 Å². The molecule has 384 valence electrons. The average molecular weight is 990 g/mol. The summed E-state index contributed by atoms with van der Waals surface area (Å²) in [5.41, 5.74) is -5.29. The van der Waals surface area contributed by atoms with Gasteiger partial charge in [0.25, 0.3) is 0 Å². The number of carbonyl (C=O) groups excluding carboxylic acids is 4. The summed E-state index contributed by atoms with van der Waals surface area (Å²) in [6.45, 7) is 30.6. The highest BCUT2D eigenvalue weighted by atomic mass is 28.4. The third-order valence-electron chi connectivity index (χ3n) is 16.1. The Kier molecular flexibility index (Phi) is 14.8. The lowest BCUT2D eigenvalue weighted by Crippen LogP contribution is -2.79. The molecule has 2 aromatic rings. The van der Waals surface area contributed by atoms with Crippen molar-refractivity contribution in [3.05, 3.63) is 84.0 Å². The Bertz CT molecular complexity index is 2300. The van der Waals surface area contributed by atoms with Gasteiger partial charge in [-0.3, -0.25) is 4.79 Å². The molecule has 2 aliphatic heterocycles. The Hall–Kier alpha value is -4.52. The monoisotopic (exact) mass is 990 g/mol. The minimum Gasteiger partial charge on any atom is -0.456 e. The number of carbonyl (C=O) groups is 4. The second-order valence-electron chi connectivity index (χ2n) is 22.6. The van der Waals surface area contributed by atoms with Gasteiger partial charge in [-0.05, 0) is 92.6 Å². The van der Waals surface area contributed by atoms with Gasteiger partial charge in [0.2, 0.25) is 8.32 Å². The molecule has 2 bridgehead atoms. The fraction of sp³-hybridized carbons (Fsp3) is 0.660. The number of nitrogens with zero attached hydrogens (tertiary/aromatic N) is 2. The number of hydrogen-bond acceptors (Lipinski definition) is 15. The molecule has 17 heteroatoms. The zero-order chi connectivity index (χ0) is 51.5. The number of amides is 1. The Morgan fingerprint density at radius 3 is 2.11 bits per heavy atom. The summed E-state index contributed by atoms with van der Waals surface area (Å²) in [6.07, 6.45) is -2.89. The van der Waals surface area contributed by atoms with Gasteiger partial charge in [-0.1, -0.05) is 87.1 Å². The maximum atomic E-state index is 15.7. The highest BCUT2D eigenvalue weighted by molar-refractivity contribution is 6.77. The van der Waals surface area contributed by atoms with E-state index in [1.54, 1.807) is 63.2 Å². The zero-order valence-electron chi connectivity index (χ0n) is 43.4. The van der Waals surface area contributed by atoms with E-state index in [-0.39, 0.29) is 41.0 Å². The number of aromatic nitrogens is 2. The number of aliphatic hydroxyl groups is 1. The van der Waals surface area contributed by atoms with Crippen LogP contribution in [0.3, 0.4) is 0 Å². The Balaban J connectivity index is 1.44. The van der Waals surface area contributed by atoms with Crippen LogP contribution in [0.25, 0.3) is 0 Å². The molecule has 4 fully saturated rings. The van der Waals surface area contributed by atoms with E-state index in [4.69, 9.17) is 37.6 Å². The Morgan fingerprint density at radius 2 is 1.57 bits per heavy atom. The molecule has 70 heavy (non-hydrogen) atoms. The van der Waals surface area contributed by atoms with Gasteiger partial charge in [0.1, 0.15) is 41.7 Å². The van der Waals surface area contributed by atoms with E-state index in [0.717, 1.165) is 0 Å². The number of alkyl carbamates (subject to hydrolysis) is 1. The van der Waals surface area contributed by atoms with Gasteiger partial charge in [-0.15, -0.1) is 0 Å². The topological polar surface area (TPSA) is 200 Å². The van der Waals surface area contributed by atoms with Crippen LogP contribution < -0.4 is 5.32 Å². The lowest BCUT2D eigenvalue weighted by Gasteiger charge is -2.68. The van der Waals surface area contributed by atoms with Gasteiger partial charge < -0.3 is 48.0 Å². The molecule has 2 N–H and O–H groups in total. The van der Waals surface area contributed by atoms with Gasteiger partial charge in [0.15, 0.2) is 23.8 Å². The normalized spacial score (nSPS) is 32.2. The minimum atomic E-state index is -3.02. The van der Waals surface area contributed by atoms with Gasteiger partial charge in [0, 0.05) is 36.6 Å². The van der Waals surface area contributed by atoms with Gasteiger partial charge in [-0.25, -0.2) is 24.4 Å². The summed E-state index contributed by atoms with van der Waals surface area (Å²) in [4.78, 5) is 66.6. The number of ether oxygens (including phenoxy) is 7. The average Bonchev–Trinajstić information content (AvgIpc) is 3.70. The molecule has 12 atom stereocenters. The lowest BCUT2D eigenvalue weighted by molar-refractivity contribution is -0.345. The summed E-state index contributed by atoms with van der Waals surface area (Å²) >= 11 is 0. The minimum absolute atomic E-state index is 0.0173. The smallest absolute Gasteiger partial charge is 0.408 e. The van der Waals surface area contributed by atoms with Crippen molar-refractivity contribution in [2.45, 2.75) is 199 Å². The van der Waals surface area contributed by atoms with E-state index in [1.807, 2.05) is 27.7 Å². The number of rotatable bonds is 14. The fourth-order valence-electron chi connectivity index (χ4n) is 13.0. The number of benzene rings is 1.